The molecular weight excluding hydrogens is 188 g/mol. The predicted molar refractivity (Wildman–Crippen MR) is 59.0 cm³/mol. The standard InChI is InChI=1S/C9H18OS2/c1-7(2)5-8(10)9-6-11-3-4-12-9/h7-10H,3-6H2,1-2H3. The quantitative estimate of drug-likeness (QED) is 0.765. The molecule has 1 fully saturated rings. The molecule has 1 nitrogen and oxygen atoms in total. The summed E-state index contributed by atoms with van der Waals surface area (Å²) in [5.41, 5.74) is 0. The van der Waals surface area contributed by atoms with Crippen molar-refractivity contribution in [2.24, 2.45) is 5.92 Å². The average molecular weight is 206 g/mol. The van der Waals surface area contributed by atoms with Gasteiger partial charge in [0, 0.05) is 22.5 Å². The number of hydrogen-bond donors (Lipinski definition) is 1. The van der Waals surface area contributed by atoms with E-state index in [1.54, 1.807) is 0 Å². The molecule has 1 aliphatic rings. The molecule has 1 N–H and O–H groups in total. The van der Waals surface area contributed by atoms with Crippen molar-refractivity contribution in [2.45, 2.75) is 31.6 Å². The summed E-state index contributed by atoms with van der Waals surface area (Å²) in [6.07, 6.45) is 0.876. The molecule has 1 saturated heterocycles. The Balaban J connectivity index is 2.24. The van der Waals surface area contributed by atoms with Gasteiger partial charge in [-0.2, -0.15) is 23.5 Å². The molecule has 2 unspecified atom stereocenters. The lowest BCUT2D eigenvalue weighted by Crippen LogP contribution is -2.29. The van der Waals surface area contributed by atoms with Gasteiger partial charge in [-0.1, -0.05) is 13.8 Å². The molecular formula is C9H18OS2. The van der Waals surface area contributed by atoms with Crippen LogP contribution in [-0.4, -0.2) is 33.7 Å². The Morgan fingerprint density at radius 1 is 1.42 bits per heavy atom. The van der Waals surface area contributed by atoms with Crippen molar-refractivity contribution in [2.75, 3.05) is 17.3 Å². The van der Waals surface area contributed by atoms with Crippen molar-refractivity contribution in [3.8, 4) is 0 Å². The lowest BCUT2D eigenvalue weighted by atomic mass is 10.0. The fourth-order valence-electron chi connectivity index (χ4n) is 1.36. The van der Waals surface area contributed by atoms with Crippen molar-refractivity contribution in [3.05, 3.63) is 0 Å². The first-order valence-electron chi connectivity index (χ1n) is 4.57. The molecule has 0 aromatic heterocycles. The van der Waals surface area contributed by atoms with Gasteiger partial charge in [0.1, 0.15) is 0 Å². The third kappa shape index (κ3) is 3.58. The Bertz CT molecular complexity index is 122. The van der Waals surface area contributed by atoms with E-state index in [1.807, 2.05) is 23.5 Å². The zero-order valence-electron chi connectivity index (χ0n) is 7.82. The lowest BCUT2D eigenvalue weighted by Gasteiger charge is -2.26. The highest BCUT2D eigenvalue weighted by Gasteiger charge is 2.22. The highest BCUT2D eigenvalue weighted by molar-refractivity contribution is 8.06. The van der Waals surface area contributed by atoms with Crippen LogP contribution in [-0.2, 0) is 0 Å². The third-order valence-corrected chi connectivity index (χ3v) is 4.89. The second-order valence-corrected chi connectivity index (χ2v) is 6.18. The molecule has 3 heteroatoms. The van der Waals surface area contributed by atoms with Crippen LogP contribution >= 0.6 is 23.5 Å². The molecule has 0 spiro atoms. The average Bonchev–Trinajstić information content (AvgIpc) is 2.05. The maximum absolute atomic E-state index is 9.81. The van der Waals surface area contributed by atoms with Gasteiger partial charge in [-0.05, 0) is 12.3 Å². The van der Waals surface area contributed by atoms with Gasteiger partial charge in [0.2, 0.25) is 0 Å². The summed E-state index contributed by atoms with van der Waals surface area (Å²) in [5.74, 6) is 4.23. The van der Waals surface area contributed by atoms with Gasteiger partial charge in [0.05, 0.1) is 6.10 Å². The maximum Gasteiger partial charge on any atom is 0.0669 e. The van der Waals surface area contributed by atoms with E-state index in [1.165, 1.54) is 11.5 Å². The van der Waals surface area contributed by atoms with E-state index in [0.29, 0.717) is 11.2 Å². The zero-order chi connectivity index (χ0) is 8.97. The number of hydrogen-bond acceptors (Lipinski definition) is 3. The van der Waals surface area contributed by atoms with Gasteiger partial charge in [0.15, 0.2) is 0 Å². The maximum atomic E-state index is 9.81. The number of rotatable bonds is 3. The van der Waals surface area contributed by atoms with Crippen molar-refractivity contribution in [1.29, 1.82) is 0 Å². The molecule has 2 atom stereocenters. The molecule has 0 radical (unpaired) electrons. The monoisotopic (exact) mass is 206 g/mol. The summed E-state index contributed by atoms with van der Waals surface area (Å²) in [4.78, 5) is 0. The fraction of sp³-hybridized carbons (Fsp3) is 1.00. The van der Waals surface area contributed by atoms with Crippen LogP contribution in [0.15, 0.2) is 0 Å². The van der Waals surface area contributed by atoms with Gasteiger partial charge in [-0.3, -0.25) is 0 Å². The van der Waals surface area contributed by atoms with Gasteiger partial charge >= 0.3 is 0 Å². The largest absolute Gasteiger partial charge is 0.392 e. The van der Waals surface area contributed by atoms with Crippen molar-refractivity contribution in [3.63, 3.8) is 0 Å². The van der Waals surface area contributed by atoms with E-state index < -0.39 is 0 Å². The van der Waals surface area contributed by atoms with Crippen molar-refractivity contribution >= 4 is 23.5 Å². The molecule has 1 heterocycles. The second kappa shape index (κ2) is 5.40. The van der Waals surface area contributed by atoms with Crippen LogP contribution in [0.2, 0.25) is 0 Å². The Morgan fingerprint density at radius 3 is 2.67 bits per heavy atom. The Hall–Kier alpha value is 0.660. The molecule has 0 aromatic carbocycles. The first-order valence-corrected chi connectivity index (χ1v) is 6.78. The highest BCUT2D eigenvalue weighted by Crippen LogP contribution is 2.28. The minimum absolute atomic E-state index is 0.0807. The molecule has 0 amide bonds. The van der Waals surface area contributed by atoms with Crippen LogP contribution in [0.1, 0.15) is 20.3 Å². The van der Waals surface area contributed by atoms with Crippen LogP contribution in [0.3, 0.4) is 0 Å². The molecule has 0 aliphatic carbocycles. The topological polar surface area (TPSA) is 20.2 Å². The van der Waals surface area contributed by atoms with E-state index in [2.05, 4.69) is 13.8 Å². The molecule has 1 aliphatic heterocycles. The van der Waals surface area contributed by atoms with E-state index in [-0.39, 0.29) is 6.10 Å². The van der Waals surface area contributed by atoms with Crippen molar-refractivity contribution < 1.29 is 5.11 Å². The zero-order valence-corrected chi connectivity index (χ0v) is 9.46. The summed E-state index contributed by atoms with van der Waals surface area (Å²) >= 11 is 3.92. The summed E-state index contributed by atoms with van der Waals surface area (Å²) < 4.78 is 0. The van der Waals surface area contributed by atoms with E-state index in [9.17, 15) is 5.11 Å². The highest BCUT2D eigenvalue weighted by atomic mass is 32.2. The molecule has 0 aromatic rings. The number of aliphatic hydroxyl groups is 1. The van der Waals surface area contributed by atoms with E-state index in [0.717, 1.165) is 12.2 Å². The lowest BCUT2D eigenvalue weighted by molar-refractivity contribution is 0.151. The first kappa shape index (κ1) is 10.7. The minimum Gasteiger partial charge on any atom is -0.392 e. The third-order valence-electron chi connectivity index (χ3n) is 1.98. The van der Waals surface area contributed by atoms with Gasteiger partial charge in [0.25, 0.3) is 0 Å². The molecule has 1 rings (SSSR count). The fourth-order valence-corrected chi connectivity index (χ4v) is 4.15. The minimum atomic E-state index is -0.0807. The summed E-state index contributed by atoms with van der Waals surface area (Å²) in [6.45, 7) is 4.34. The Morgan fingerprint density at radius 2 is 2.17 bits per heavy atom. The molecule has 0 bridgehead atoms. The van der Waals surface area contributed by atoms with Crippen molar-refractivity contribution in [1.82, 2.24) is 0 Å². The van der Waals surface area contributed by atoms with Gasteiger partial charge in [-0.25, -0.2) is 0 Å². The first-order chi connectivity index (χ1) is 5.70. The predicted octanol–water partition coefficient (Wildman–Crippen LogP) is 2.24. The van der Waals surface area contributed by atoms with Crippen LogP contribution in [0.5, 0.6) is 0 Å². The van der Waals surface area contributed by atoms with E-state index in [4.69, 9.17) is 0 Å². The summed E-state index contributed by atoms with van der Waals surface area (Å²) in [5, 5.41) is 10.3. The smallest absolute Gasteiger partial charge is 0.0669 e. The number of aliphatic hydroxyl groups excluding tert-OH is 1. The normalized spacial score (nSPS) is 27.5. The van der Waals surface area contributed by atoms with E-state index >= 15 is 0 Å². The summed E-state index contributed by atoms with van der Waals surface area (Å²) in [7, 11) is 0. The Kier molecular flexibility index (Phi) is 4.84. The second-order valence-electron chi connectivity index (χ2n) is 3.68. The Labute approximate surface area is 83.7 Å². The van der Waals surface area contributed by atoms with Gasteiger partial charge in [-0.15, -0.1) is 0 Å². The van der Waals surface area contributed by atoms with Crippen LogP contribution in [0, 0.1) is 5.92 Å². The molecule has 0 saturated carbocycles. The molecule has 72 valence electrons. The SMILES string of the molecule is CC(C)CC(O)C1CSCCS1. The van der Waals surface area contributed by atoms with Crippen LogP contribution in [0.25, 0.3) is 0 Å². The van der Waals surface area contributed by atoms with Crippen LogP contribution < -0.4 is 0 Å². The number of thioether (sulfide) groups is 2. The van der Waals surface area contributed by atoms with Gasteiger partial charge < -0.3 is 5.11 Å². The summed E-state index contributed by atoms with van der Waals surface area (Å²) in [6, 6.07) is 0. The van der Waals surface area contributed by atoms with Crippen LogP contribution in [0.4, 0.5) is 0 Å². The molecule has 12 heavy (non-hydrogen) atoms.